The van der Waals surface area contributed by atoms with Crippen LogP contribution in [0, 0.1) is 10.1 Å². The van der Waals surface area contributed by atoms with Gasteiger partial charge >= 0.3 is 11.6 Å². The molecule has 0 N–H and O–H groups in total. The van der Waals surface area contributed by atoms with Gasteiger partial charge in [0.05, 0.1) is 18.1 Å². The Hall–Kier alpha value is -3.26. The highest BCUT2D eigenvalue weighted by atomic mass is 16.6. The summed E-state index contributed by atoms with van der Waals surface area (Å²) in [5.74, 6) is 0.671. The Balaban J connectivity index is 1.71. The Morgan fingerprint density at radius 3 is 2.62 bits per heavy atom. The molecule has 0 unspecified atom stereocenters. The van der Waals surface area contributed by atoms with Gasteiger partial charge in [-0.15, -0.1) is 0 Å². The van der Waals surface area contributed by atoms with Crippen LogP contribution in [0.25, 0.3) is 10.8 Å². The molecule has 132 valence electrons. The molecule has 0 radical (unpaired) electrons. The number of rotatable bonds is 4. The molecule has 1 aromatic heterocycles. The molecule has 1 saturated heterocycles. The molecule has 4 rings (SSSR count). The van der Waals surface area contributed by atoms with Crippen LogP contribution < -0.4 is 9.64 Å². The van der Waals surface area contributed by atoms with Crippen molar-refractivity contribution in [1.82, 2.24) is 9.97 Å². The first kappa shape index (κ1) is 16.2. The van der Waals surface area contributed by atoms with Crippen LogP contribution >= 0.6 is 0 Å². The SMILES string of the molecule is O=[N+]([O-])c1c(Oc2ccc3ccccc3c2)ncnc1N1CCOCC1. The minimum atomic E-state index is -0.499. The van der Waals surface area contributed by atoms with Crippen molar-refractivity contribution in [1.29, 1.82) is 0 Å². The van der Waals surface area contributed by atoms with Gasteiger partial charge in [0, 0.05) is 13.1 Å². The summed E-state index contributed by atoms with van der Waals surface area (Å²) < 4.78 is 11.1. The Kier molecular flexibility index (Phi) is 4.32. The maximum atomic E-state index is 11.7. The van der Waals surface area contributed by atoms with Crippen molar-refractivity contribution in [3.8, 4) is 11.6 Å². The molecule has 1 aliphatic heterocycles. The van der Waals surface area contributed by atoms with Gasteiger partial charge in [-0.05, 0) is 22.9 Å². The first-order valence-corrected chi connectivity index (χ1v) is 8.21. The summed E-state index contributed by atoms with van der Waals surface area (Å²) in [5.41, 5.74) is -0.234. The van der Waals surface area contributed by atoms with Gasteiger partial charge in [-0.2, -0.15) is 4.98 Å². The van der Waals surface area contributed by atoms with Gasteiger partial charge in [0.25, 0.3) is 0 Å². The molecule has 8 nitrogen and oxygen atoms in total. The van der Waals surface area contributed by atoms with E-state index in [0.29, 0.717) is 32.1 Å². The molecule has 0 amide bonds. The third-order valence-electron chi connectivity index (χ3n) is 4.20. The van der Waals surface area contributed by atoms with E-state index in [1.54, 1.807) is 6.07 Å². The monoisotopic (exact) mass is 352 g/mol. The fraction of sp³-hybridized carbons (Fsp3) is 0.222. The number of morpholine rings is 1. The molecule has 3 aromatic rings. The highest BCUT2D eigenvalue weighted by Gasteiger charge is 2.29. The predicted octanol–water partition coefficient (Wildman–Crippen LogP) is 3.17. The van der Waals surface area contributed by atoms with Crippen LogP contribution in [0.3, 0.4) is 0 Å². The first-order valence-electron chi connectivity index (χ1n) is 8.21. The van der Waals surface area contributed by atoms with Crippen LogP contribution in [-0.4, -0.2) is 41.2 Å². The molecule has 26 heavy (non-hydrogen) atoms. The van der Waals surface area contributed by atoms with Crippen LogP contribution in [0.5, 0.6) is 11.6 Å². The molecule has 1 fully saturated rings. The topological polar surface area (TPSA) is 90.6 Å². The van der Waals surface area contributed by atoms with Crippen molar-refractivity contribution in [3.05, 3.63) is 58.9 Å². The smallest absolute Gasteiger partial charge is 0.373 e. The van der Waals surface area contributed by atoms with Crippen molar-refractivity contribution in [2.45, 2.75) is 0 Å². The standard InChI is InChI=1S/C18H16N4O4/c23-22(24)16-17(21-7-9-25-10-8-21)19-12-20-18(16)26-15-6-5-13-3-1-2-4-14(13)11-15/h1-6,11-12H,7-10H2. The molecule has 0 saturated carbocycles. The van der Waals surface area contributed by atoms with Crippen LogP contribution in [0.4, 0.5) is 11.5 Å². The number of nitro groups is 1. The molecular weight excluding hydrogens is 336 g/mol. The van der Waals surface area contributed by atoms with Crippen molar-refractivity contribution < 1.29 is 14.4 Å². The highest BCUT2D eigenvalue weighted by molar-refractivity contribution is 5.83. The molecule has 0 atom stereocenters. The summed E-state index contributed by atoms with van der Waals surface area (Å²) in [6.45, 7) is 2.07. The second kappa shape index (κ2) is 6.93. The van der Waals surface area contributed by atoms with Crippen molar-refractivity contribution in [2.24, 2.45) is 0 Å². The number of anilines is 1. The number of aromatic nitrogens is 2. The minimum Gasteiger partial charge on any atom is -0.434 e. The normalized spacial score (nSPS) is 14.4. The Morgan fingerprint density at radius 2 is 1.85 bits per heavy atom. The molecule has 2 aromatic carbocycles. The molecular formula is C18H16N4O4. The third kappa shape index (κ3) is 3.14. The number of benzene rings is 2. The quantitative estimate of drug-likeness (QED) is 0.526. The summed E-state index contributed by atoms with van der Waals surface area (Å²) in [6, 6.07) is 13.3. The number of fused-ring (bicyclic) bond motifs is 1. The zero-order valence-electron chi connectivity index (χ0n) is 13.9. The summed E-state index contributed by atoms with van der Waals surface area (Å²) in [7, 11) is 0. The second-order valence-corrected chi connectivity index (χ2v) is 5.82. The van der Waals surface area contributed by atoms with E-state index in [4.69, 9.17) is 9.47 Å². The Morgan fingerprint density at radius 1 is 1.08 bits per heavy atom. The van der Waals surface area contributed by atoms with Crippen LogP contribution in [0.1, 0.15) is 0 Å². The van der Waals surface area contributed by atoms with Gasteiger partial charge in [0.15, 0.2) is 0 Å². The van der Waals surface area contributed by atoms with Gasteiger partial charge in [-0.3, -0.25) is 10.1 Å². The highest BCUT2D eigenvalue weighted by Crippen LogP contribution is 2.36. The molecule has 2 heterocycles. The summed E-state index contributed by atoms with van der Waals surface area (Å²) in [4.78, 5) is 21.1. The lowest BCUT2D eigenvalue weighted by Gasteiger charge is -2.27. The van der Waals surface area contributed by atoms with Crippen molar-refractivity contribution in [2.75, 3.05) is 31.2 Å². The van der Waals surface area contributed by atoms with E-state index in [0.717, 1.165) is 10.8 Å². The second-order valence-electron chi connectivity index (χ2n) is 5.82. The number of ether oxygens (including phenoxy) is 2. The van der Waals surface area contributed by atoms with E-state index in [1.807, 2.05) is 41.3 Å². The average Bonchev–Trinajstić information content (AvgIpc) is 2.68. The molecule has 0 aliphatic carbocycles. The fourth-order valence-electron chi connectivity index (χ4n) is 2.94. The van der Waals surface area contributed by atoms with Gasteiger partial charge < -0.3 is 14.4 Å². The maximum Gasteiger partial charge on any atom is 0.373 e. The Bertz CT molecular complexity index is 957. The number of hydrogen-bond donors (Lipinski definition) is 0. The van der Waals surface area contributed by atoms with Crippen molar-refractivity contribution >= 4 is 22.3 Å². The van der Waals surface area contributed by atoms with Gasteiger partial charge in [0.1, 0.15) is 12.1 Å². The first-order chi connectivity index (χ1) is 12.7. The van der Waals surface area contributed by atoms with Gasteiger partial charge in [-0.1, -0.05) is 30.3 Å². The third-order valence-corrected chi connectivity index (χ3v) is 4.20. The van der Waals surface area contributed by atoms with E-state index in [2.05, 4.69) is 9.97 Å². The zero-order chi connectivity index (χ0) is 17.9. The lowest BCUT2D eigenvalue weighted by molar-refractivity contribution is -0.385. The molecule has 1 aliphatic rings. The Labute approximate surface area is 149 Å². The largest absolute Gasteiger partial charge is 0.434 e. The summed E-state index contributed by atoms with van der Waals surface area (Å²) >= 11 is 0. The van der Waals surface area contributed by atoms with Gasteiger partial charge in [-0.25, -0.2) is 4.98 Å². The molecule has 0 spiro atoms. The van der Waals surface area contributed by atoms with E-state index >= 15 is 0 Å². The van der Waals surface area contributed by atoms with Crippen molar-refractivity contribution in [3.63, 3.8) is 0 Å². The molecule has 0 bridgehead atoms. The van der Waals surface area contributed by atoms with Gasteiger partial charge in [0.2, 0.25) is 5.82 Å². The molecule has 8 heteroatoms. The average molecular weight is 352 g/mol. The van der Waals surface area contributed by atoms with Crippen LogP contribution in [0.2, 0.25) is 0 Å². The fourth-order valence-corrected chi connectivity index (χ4v) is 2.94. The number of nitrogens with zero attached hydrogens (tertiary/aromatic N) is 4. The van der Waals surface area contributed by atoms with E-state index in [1.165, 1.54) is 6.33 Å². The minimum absolute atomic E-state index is 0.0678. The number of hydrogen-bond acceptors (Lipinski definition) is 7. The van der Waals surface area contributed by atoms with E-state index in [-0.39, 0.29) is 17.4 Å². The zero-order valence-corrected chi connectivity index (χ0v) is 13.9. The maximum absolute atomic E-state index is 11.7. The van der Waals surface area contributed by atoms with E-state index < -0.39 is 4.92 Å². The lowest BCUT2D eigenvalue weighted by atomic mass is 10.1. The summed E-state index contributed by atoms with van der Waals surface area (Å²) in [6.07, 6.45) is 1.29. The van der Waals surface area contributed by atoms with Crippen LogP contribution in [-0.2, 0) is 4.74 Å². The van der Waals surface area contributed by atoms with E-state index in [9.17, 15) is 10.1 Å². The van der Waals surface area contributed by atoms with Crippen LogP contribution in [0.15, 0.2) is 48.8 Å². The lowest BCUT2D eigenvalue weighted by Crippen LogP contribution is -2.37. The summed E-state index contributed by atoms with van der Waals surface area (Å²) in [5, 5.41) is 13.7. The predicted molar refractivity (Wildman–Crippen MR) is 95.7 cm³/mol.